The SMILES string of the molecule is C=CC(N)=O.C=CCC. The fourth-order valence-electron chi connectivity index (χ4n) is 0. The van der Waals surface area contributed by atoms with Crippen molar-refractivity contribution in [3.8, 4) is 0 Å². The molecule has 0 aromatic carbocycles. The molecule has 0 bridgehead atoms. The summed E-state index contributed by atoms with van der Waals surface area (Å²) in [4.78, 5) is 9.47. The number of hydrogen-bond donors (Lipinski definition) is 1. The van der Waals surface area contributed by atoms with Crippen LogP contribution in [0.4, 0.5) is 0 Å². The standard InChI is InChI=1S/C4H8.C3H5NO/c1-3-4-2;1-2-3(4)5/h3H,1,4H2,2H3;2H,1H2,(H2,4,5). The molecule has 0 rings (SSSR count). The molecule has 2 N–H and O–H groups in total. The van der Waals surface area contributed by atoms with Gasteiger partial charge in [-0.1, -0.05) is 19.6 Å². The summed E-state index contributed by atoms with van der Waals surface area (Å²) in [6.07, 6.45) is 4.01. The van der Waals surface area contributed by atoms with Gasteiger partial charge in [-0.25, -0.2) is 0 Å². The van der Waals surface area contributed by atoms with Crippen LogP contribution in [-0.2, 0) is 4.79 Å². The monoisotopic (exact) mass is 127 g/mol. The summed E-state index contributed by atoms with van der Waals surface area (Å²) in [7, 11) is 0. The lowest BCUT2D eigenvalue weighted by Crippen LogP contribution is -2.04. The van der Waals surface area contributed by atoms with Gasteiger partial charge in [0.05, 0.1) is 0 Å². The number of rotatable bonds is 2. The van der Waals surface area contributed by atoms with Gasteiger partial charge in [0.1, 0.15) is 0 Å². The van der Waals surface area contributed by atoms with E-state index in [1.54, 1.807) is 0 Å². The summed E-state index contributed by atoms with van der Waals surface area (Å²) in [5.74, 6) is -0.481. The fraction of sp³-hybridized carbons (Fsp3) is 0.286. The normalized spacial score (nSPS) is 6.33. The molecule has 0 aromatic rings. The predicted molar refractivity (Wildman–Crippen MR) is 39.9 cm³/mol. The summed E-state index contributed by atoms with van der Waals surface area (Å²) >= 11 is 0. The summed E-state index contributed by atoms with van der Waals surface area (Å²) in [6, 6.07) is 0. The highest BCUT2D eigenvalue weighted by Crippen LogP contribution is 1.66. The van der Waals surface area contributed by atoms with Crippen LogP contribution in [0.3, 0.4) is 0 Å². The van der Waals surface area contributed by atoms with Crippen LogP contribution in [-0.4, -0.2) is 5.91 Å². The van der Waals surface area contributed by atoms with Crippen LogP contribution in [0.5, 0.6) is 0 Å². The molecule has 2 heteroatoms. The number of nitrogens with two attached hydrogens (primary N) is 1. The molecule has 0 fully saturated rings. The van der Waals surface area contributed by atoms with E-state index in [0.717, 1.165) is 12.5 Å². The Morgan fingerprint density at radius 3 is 1.89 bits per heavy atom. The van der Waals surface area contributed by atoms with E-state index < -0.39 is 5.91 Å². The van der Waals surface area contributed by atoms with Gasteiger partial charge < -0.3 is 5.73 Å². The van der Waals surface area contributed by atoms with Gasteiger partial charge in [0.15, 0.2) is 0 Å². The van der Waals surface area contributed by atoms with Crippen LogP contribution in [0.1, 0.15) is 13.3 Å². The molecular formula is C7H13NO. The van der Waals surface area contributed by atoms with Crippen LogP contribution in [0.25, 0.3) is 0 Å². The lowest BCUT2D eigenvalue weighted by molar-refractivity contribution is -0.113. The lowest BCUT2D eigenvalue weighted by atomic mass is 10.5. The van der Waals surface area contributed by atoms with Gasteiger partial charge in [-0.2, -0.15) is 0 Å². The molecule has 0 aromatic heterocycles. The highest BCUT2D eigenvalue weighted by atomic mass is 16.1. The molecular weight excluding hydrogens is 114 g/mol. The minimum Gasteiger partial charge on any atom is -0.366 e. The molecule has 9 heavy (non-hydrogen) atoms. The van der Waals surface area contributed by atoms with Crippen LogP contribution in [0.2, 0.25) is 0 Å². The number of allylic oxidation sites excluding steroid dienone is 1. The van der Waals surface area contributed by atoms with Crippen molar-refractivity contribution >= 4 is 5.91 Å². The topological polar surface area (TPSA) is 43.1 Å². The van der Waals surface area contributed by atoms with Gasteiger partial charge in [-0.3, -0.25) is 4.79 Å². The minimum absolute atomic E-state index is 0.481. The highest BCUT2D eigenvalue weighted by molar-refractivity contribution is 5.84. The van der Waals surface area contributed by atoms with Crippen molar-refractivity contribution in [2.75, 3.05) is 0 Å². The second-order valence-corrected chi connectivity index (χ2v) is 1.30. The summed E-state index contributed by atoms with van der Waals surface area (Å²) in [5.41, 5.74) is 4.53. The molecule has 0 saturated heterocycles. The zero-order valence-electron chi connectivity index (χ0n) is 5.76. The Bertz CT molecular complexity index is 97.1. The first-order chi connectivity index (χ1) is 4.18. The van der Waals surface area contributed by atoms with Crippen molar-refractivity contribution in [3.05, 3.63) is 25.3 Å². The van der Waals surface area contributed by atoms with Crippen molar-refractivity contribution in [1.29, 1.82) is 0 Å². The molecule has 0 aliphatic rings. The Morgan fingerprint density at radius 1 is 1.67 bits per heavy atom. The molecule has 0 saturated carbocycles. The van der Waals surface area contributed by atoms with Crippen molar-refractivity contribution < 1.29 is 4.79 Å². The Kier molecular flexibility index (Phi) is 12.1. The Balaban J connectivity index is 0. The van der Waals surface area contributed by atoms with Crippen molar-refractivity contribution in [2.24, 2.45) is 5.73 Å². The summed E-state index contributed by atoms with van der Waals surface area (Å²) in [6.45, 7) is 8.63. The third-order valence-electron chi connectivity index (χ3n) is 0.490. The number of hydrogen-bond acceptors (Lipinski definition) is 1. The quantitative estimate of drug-likeness (QED) is 0.440. The summed E-state index contributed by atoms with van der Waals surface area (Å²) in [5, 5.41) is 0. The molecule has 0 atom stereocenters. The predicted octanol–water partition coefficient (Wildman–Crippen LogP) is 1.24. The first-order valence-electron chi connectivity index (χ1n) is 2.71. The van der Waals surface area contributed by atoms with Crippen LogP contribution in [0, 0.1) is 0 Å². The van der Waals surface area contributed by atoms with Crippen LogP contribution < -0.4 is 5.73 Å². The zero-order valence-corrected chi connectivity index (χ0v) is 5.76. The maximum atomic E-state index is 9.47. The smallest absolute Gasteiger partial charge is 0.240 e. The molecule has 0 radical (unpaired) electrons. The molecule has 0 heterocycles. The van der Waals surface area contributed by atoms with Crippen LogP contribution in [0.15, 0.2) is 25.3 Å². The number of amides is 1. The number of carbonyl (C=O) groups excluding carboxylic acids is 1. The molecule has 0 unspecified atom stereocenters. The zero-order chi connectivity index (χ0) is 7.70. The first-order valence-corrected chi connectivity index (χ1v) is 2.71. The summed E-state index contributed by atoms with van der Waals surface area (Å²) < 4.78 is 0. The van der Waals surface area contributed by atoms with Gasteiger partial charge in [0, 0.05) is 0 Å². The van der Waals surface area contributed by atoms with E-state index in [9.17, 15) is 4.79 Å². The van der Waals surface area contributed by atoms with E-state index in [1.807, 2.05) is 6.08 Å². The highest BCUT2D eigenvalue weighted by Gasteiger charge is 1.69. The Labute approximate surface area is 56.1 Å². The van der Waals surface area contributed by atoms with E-state index in [1.165, 1.54) is 0 Å². The van der Waals surface area contributed by atoms with E-state index >= 15 is 0 Å². The maximum absolute atomic E-state index is 9.47. The molecule has 2 nitrogen and oxygen atoms in total. The molecule has 0 spiro atoms. The van der Waals surface area contributed by atoms with E-state index in [2.05, 4.69) is 25.8 Å². The van der Waals surface area contributed by atoms with E-state index in [0.29, 0.717) is 0 Å². The van der Waals surface area contributed by atoms with Gasteiger partial charge in [0.25, 0.3) is 0 Å². The van der Waals surface area contributed by atoms with Crippen molar-refractivity contribution in [1.82, 2.24) is 0 Å². The third kappa shape index (κ3) is 44.8. The second kappa shape index (κ2) is 10.0. The van der Waals surface area contributed by atoms with Crippen molar-refractivity contribution in [2.45, 2.75) is 13.3 Å². The average molecular weight is 127 g/mol. The fourth-order valence-corrected chi connectivity index (χ4v) is 0. The number of primary amides is 1. The lowest BCUT2D eigenvalue weighted by Gasteiger charge is -1.65. The maximum Gasteiger partial charge on any atom is 0.240 e. The van der Waals surface area contributed by atoms with Gasteiger partial charge in [0.2, 0.25) is 5.91 Å². The van der Waals surface area contributed by atoms with Gasteiger partial charge >= 0.3 is 0 Å². The van der Waals surface area contributed by atoms with E-state index in [4.69, 9.17) is 0 Å². The molecule has 0 aliphatic heterocycles. The molecule has 1 amide bonds. The average Bonchev–Trinajstić information content (AvgIpc) is 1.89. The second-order valence-electron chi connectivity index (χ2n) is 1.30. The molecule has 0 aliphatic carbocycles. The molecule has 52 valence electrons. The van der Waals surface area contributed by atoms with Gasteiger partial charge in [-0.05, 0) is 12.5 Å². The van der Waals surface area contributed by atoms with Crippen molar-refractivity contribution in [3.63, 3.8) is 0 Å². The third-order valence-corrected chi connectivity index (χ3v) is 0.490. The largest absolute Gasteiger partial charge is 0.366 e. The van der Waals surface area contributed by atoms with Gasteiger partial charge in [-0.15, -0.1) is 6.58 Å². The van der Waals surface area contributed by atoms with Crippen LogP contribution >= 0.6 is 0 Å². The first kappa shape index (κ1) is 10.8. The van der Waals surface area contributed by atoms with E-state index in [-0.39, 0.29) is 0 Å². The Morgan fingerprint density at radius 2 is 1.89 bits per heavy atom. The Hall–Kier alpha value is -1.05. The number of carbonyl (C=O) groups is 1. The minimum atomic E-state index is -0.481.